The van der Waals surface area contributed by atoms with Crippen molar-refractivity contribution in [1.82, 2.24) is 10.2 Å². The van der Waals surface area contributed by atoms with Crippen molar-refractivity contribution in [2.75, 3.05) is 23.9 Å². The molecule has 36 heavy (non-hydrogen) atoms. The Kier molecular flexibility index (Phi) is 8.78. The number of amides is 2. The van der Waals surface area contributed by atoms with E-state index in [-0.39, 0.29) is 50.6 Å². The van der Waals surface area contributed by atoms with E-state index in [9.17, 15) is 22.4 Å². The van der Waals surface area contributed by atoms with Crippen LogP contribution in [0.3, 0.4) is 0 Å². The van der Waals surface area contributed by atoms with Crippen LogP contribution in [0.1, 0.15) is 39.2 Å². The Balaban J connectivity index is 1.72. The maximum atomic E-state index is 13.4. The number of ether oxygens (including phenoxy) is 2. The minimum Gasteiger partial charge on any atom is -0.454 e. The van der Waals surface area contributed by atoms with Crippen molar-refractivity contribution in [2.24, 2.45) is 0 Å². The zero-order chi connectivity index (χ0) is 26.5. The fourth-order valence-corrected chi connectivity index (χ4v) is 4.78. The second kappa shape index (κ2) is 11.6. The molecule has 3 rings (SSSR count). The molecule has 2 amide bonds. The fraction of sp³-hybridized carbons (Fsp3) is 0.440. The number of hydrogen-bond acceptors (Lipinski definition) is 6. The molecule has 0 bridgehead atoms. The van der Waals surface area contributed by atoms with E-state index in [0.29, 0.717) is 22.7 Å². The molecule has 196 valence electrons. The number of nitrogens with one attached hydrogen (secondary N) is 1. The van der Waals surface area contributed by atoms with Crippen LogP contribution in [0.2, 0.25) is 0 Å². The molecule has 1 unspecified atom stereocenters. The summed E-state index contributed by atoms with van der Waals surface area (Å²) in [4.78, 5) is 27.3. The van der Waals surface area contributed by atoms with Crippen LogP contribution in [0.15, 0.2) is 42.5 Å². The minimum atomic E-state index is -3.64. The summed E-state index contributed by atoms with van der Waals surface area (Å²) < 4.78 is 50.2. The van der Waals surface area contributed by atoms with Crippen LogP contribution in [-0.4, -0.2) is 56.8 Å². The average Bonchev–Trinajstić information content (AvgIpc) is 3.27. The van der Waals surface area contributed by atoms with Gasteiger partial charge in [0.25, 0.3) is 0 Å². The van der Waals surface area contributed by atoms with E-state index in [0.717, 1.165) is 6.26 Å². The van der Waals surface area contributed by atoms with Crippen LogP contribution >= 0.6 is 0 Å². The first kappa shape index (κ1) is 27.3. The standard InChI is InChI=1S/C25H32FN3O6S/c1-17(2)27-25(31)18(3)28(15-19-7-9-20(26)10-8-19)24(30)6-5-13-29(36(4,32)33)21-11-12-22-23(14-21)35-16-34-22/h7-12,14,17-18H,5-6,13,15-16H2,1-4H3,(H,27,31). The predicted molar refractivity (Wildman–Crippen MR) is 134 cm³/mol. The fourth-order valence-electron chi connectivity index (χ4n) is 3.82. The van der Waals surface area contributed by atoms with E-state index < -0.39 is 21.9 Å². The lowest BCUT2D eigenvalue weighted by Crippen LogP contribution is -2.49. The number of carbonyl (C=O) groups excluding carboxylic acids is 2. The third-order valence-corrected chi connectivity index (χ3v) is 6.85. The Morgan fingerprint density at radius 2 is 1.72 bits per heavy atom. The summed E-state index contributed by atoms with van der Waals surface area (Å²) >= 11 is 0. The van der Waals surface area contributed by atoms with Gasteiger partial charge < -0.3 is 19.7 Å². The summed E-state index contributed by atoms with van der Waals surface area (Å²) in [6.45, 7) is 5.53. The highest BCUT2D eigenvalue weighted by Gasteiger charge is 2.27. The highest BCUT2D eigenvalue weighted by molar-refractivity contribution is 7.92. The molecule has 0 fully saturated rings. The Labute approximate surface area is 211 Å². The molecular formula is C25H32FN3O6S. The van der Waals surface area contributed by atoms with Gasteiger partial charge in [-0.3, -0.25) is 13.9 Å². The molecule has 1 aliphatic rings. The zero-order valence-electron chi connectivity index (χ0n) is 20.9. The molecule has 0 spiro atoms. The molecule has 0 aromatic heterocycles. The monoisotopic (exact) mass is 521 g/mol. The van der Waals surface area contributed by atoms with Crippen LogP contribution in [-0.2, 0) is 26.2 Å². The number of nitrogens with zero attached hydrogens (tertiary/aromatic N) is 2. The maximum Gasteiger partial charge on any atom is 0.242 e. The van der Waals surface area contributed by atoms with Gasteiger partial charge in [-0.05, 0) is 57.0 Å². The summed E-state index contributed by atoms with van der Waals surface area (Å²) in [7, 11) is -3.64. The molecule has 0 saturated heterocycles. The third-order valence-electron chi connectivity index (χ3n) is 5.66. The van der Waals surface area contributed by atoms with Crippen molar-refractivity contribution in [3.63, 3.8) is 0 Å². The van der Waals surface area contributed by atoms with Gasteiger partial charge in [-0.2, -0.15) is 0 Å². The number of halogens is 1. The van der Waals surface area contributed by atoms with Gasteiger partial charge in [0.2, 0.25) is 28.6 Å². The van der Waals surface area contributed by atoms with Gasteiger partial charge in [-0.15, -0.1) is 0 Å². The van der Waals surface area contributed by atoms with Gasteiger partial charge in [0.1, 0.15) is 11.9 Å². The molecule has 0 radical (unpaired) electrons. The molecule has 2 aromatic rings. The first-order chi connectivity index (χ1) is 17.0. The van der Waals surface area contributed by atoms with E-state index in [1.807, 2.05) is 13.8 Å². The van der Waals surface area contributed by atoms with Gasteiger partial charge in [0.05, 0.1) is 11.9 Å². The highest BCUT2D eigenvalue weighted by Crippen LogP contribution is 2.36. The molecule has 0 saturated carbocycles. The molecule has 1 N–H and O–H groups in total. The van der Waals surface area contributed by atoms with Gasteiger partial charge >= 0.3 is 0 Å². The quantitative estimate of drug-likeness (QED) is 0.487. The largest absolute Gasteiger partial charge is 0.454 e. The lowest BCUT2D eigenvalue weighted by atomic mass is 10.1. The SMILES string of the molecule is CC(C)NC(=O)C(C)N(Cc1ccc(F)cc1)C(=O)CCCN(c1ccc2c(c1)OCO2)S(C)(=O)=O. The molecule has 1 aliphatic heterocycles. The third kappa shape index (κ3) is 7.09. The van der Waals surface area contributed by atoms with Crippen LogP contribution in [0.4, 0.5) is 10.1 Å². The van der Waals surface area contributed by atoms with E-state index >= 15 is 0 Å². The topological polar surface area (TPSA) is 105 Å². The van der Waals surface area contributed by atoms with E-state index in [1.165, 1.54) is 21.3 Å². The maximum absolute atomic E-state index is 13.4. The lowest BCUT2D eigenvalue weighted by Gasteiger charge is -2.30. The Hall–Kier alpha value is -3.34. The molecule has 11 heteroatoms. The highest BCUT2D eigenvalue weighted by atomic mass is 32.2. The number of rotatable bonds is 11. The molecule has 2 aromatic carbocycles. The number of anilines is 1. The van der Waals surface area contributed by atoms with Crippen molar-refractivity contribution in [2.45, 2.75) is 52.2 Å². The van der Waals surface area contributed by atoms with Gasteiger partial charge in [-0.1, -0.05) is 12.1 Å². The first-order valence-corrected chi connectivity index (χ1v) is 13.5. The average molecular weight is 522 g/mol. The van der Waals surface area contributed by atoms with Crippen molar-refractivity contribution < 1.29 is 31.9 Å². The number of sulfonamides is 1. The normalized spacial score (nSPS) is 13.4. The zero-order valence-corrected chi connectivity index (χ0v) is 21.7. The minimum absolute atomic E-state index is 0.0110. The summed E-state index contributed by atoms with van der Waals surface area (Å²) in [5, 5.41) is 2.81. The number of benzene rings is 2. The Morgan fingerprint density at radius 1 is 1.06 bits per heavy atom. The van der Waals surface area contributed by atoms with E-state index in [4.69, 9.17) is 9.47 Å². The molecular weight excluding hydrogens is 489 g/mol. The number of fused-ring (bicyclic) bond motifs is 1. The van der Waals surface area contributed by atoms with Gasteiger partial charge in [0, 0.05) is 31.6 Å². The van der Waals surface area contributed by atoms with Crippen LogP contribution in [0.5, 0.6) is 11.5 Å². The van der Waals surface area contributed by atoms with Crippen LogP contribution < -0.4 is 19.1 Å². The molecule has 0 aliphatic carbocycles. The number of hydrogen-bond donors (Lipinski definition) is 1. The first-order valence-electron chi connectivity index (χ1n) is 11.7. The summed E-state index contributed by atoms with van der Waals surface area (Å²) in [5.41, 5.74) is 1.08. The Bertz CT molecular complexity index is 1190. The Morgan fingerprint density at radius 3 is 2.36 bits per heavy atom. The summed E-state index contributed by atoms with van der Waals surface area (Å²) in [6, 6.07) is 9.69. The smallest absolute Gasteiger partial charge is 0.242 e. The second-order valence-corrected chi connectivity index (χ2v) is 10.9. The number of carbonyl (C=O) groups is 2. The van der Waals surface area contributed by atoms with Crippen molar-refractivity contribution >= 4 is 27.5 Å². The molecule has 1 heterocycles. The van der Waals surface area contributed by atoms with Crippen LogP contribution in [0, 0.1) is 5.82 Å². The lowest BCUT2D eigenvalue weighted by molar-refractivity contribution is -0.140. The summed E-state index contributed by atoms with van der Waals surface area (Å²) in [5.74, 6) is -0.0322. The second-order valence-electron chi connectivity index (χ2n) is 8.96. The van der Waals surface area contributed by atoms with Gasteiger partial charge in [0.15, 0.2) is 11.5 Å². The van der Waals surface area contributed by atoms with E-state index in [2.05, 4.69) is 5.32 Å². The van der Waals surface area contributed by atoms with Crippen molar-refractivity contribution in [3.8, 4) is 11.5 Å². The van der Waals surface area contributed by atoms with Crippen molar-refractivity contribution in [1.29, 1.82) is 0 Å². The van der Waals surface area contributed by atoms with Gasteiger partial charge in [-0.25, -0.2) is 12.8 Å². The van der Waals surface area contributed by atoms with E-state index in [1.54, 1.807) is 37.3 Å². The predicted octanol–water partition coefficient (Wildman–Crippen LogP) is 3.04. The van der Waals surface area contributed by atoms with Crippen molar-refractivity contribution in [3.05, 3.63) is 53.8 Å². The summed E-state index contributed by atoms with van der Waals surface area (Å²) in [6.07, 6.45) is 1.33. The van der Waals surface area contributed by atoms with Crippen LogP contribution in [0.25, 0.3) is 0 Å². The molecule has 9 nitrogen and oxygen atoms in total. The molecule has 1 atom stereocenters.